The van der Waals surface area contributed by atoms with Crippen molar-refractivity contribution in [2.45, 2.75) is 26.2 Å². The summed E-state index contributed by atoms with van der Waals surface area (Å²) in [5.74, 6) is -0.865. The lowest BCUT2D eigenvalue weighted by molar-refractivity contribution is 0.0693. The predicted octanol–water partition coefficient (Wildman–Crippen LogP) is 3.80. The number of hydrogen-bond donors (Lipinski definition) is 2. The molecule has 0 saturated carbocycles. The SMILES string of the molecule is CC(C)c1ccccc1Cc1cccc(C(=O)O)c1O. The van der Waals surface area contributed by atoms with Gasteiger partial charge in [-0.05, 0) is 28.7 Å². The predicted molar refractivity (Wildman–Crippen MR) is 78.4 cm³/mol. The maximum Gasteiger partial charge on any atom is 0.339 e. The van der Waals surface area contributed by atoms with Crippen molar-refractivity contribution < 1.29 is 15.0 Å². The van der Waals surface area contributed by atoms with Gasteiger partial charge in [0.25, 0.3) is 0 Å². The molecule has 2 aromatic carbocycles. The molecule has 3 nitrogen and oxygen atoms in total. The number of aromatic carboxylic acids is 1. The van der Waals surface area contributed by atoms with E-state index in [1.165, 1.54) is 11.6 Å². The van der Waals surface area contributed by atoms with Crippen molar-refractivity contribution in [2.75, 3.05) is 0 Å². The lowest BCUT2D eigenvalue weighted by Gasteiger charge is -2.14. The second-order valence-electron chi connectivity index (χ2n) is 5.15. The fourth-order valence-corrected chi connectivity index (χ4v) is 2.37. The van der Waals surface area contributed by atoms with Crippen molar-refractivity contribution in [3.63, 3.8) is 0 Å². The highest BCUT2D eigenvalue weighted by molar-refractivity contribution is 5.91. The van der Waals surface area contributed by atoms with Crippen molar-refractivity contribution >= 4 is 5.97 Å². The first-order valence-electron chi connectivity index (χ1n) is 6.62. The molecule has 0 atom stereocenters. The number of rotatable bonds is 4. The van der Waals surface area contributed by atoms with Gasteiger partial charge in [-0.1, -0.05) is 50.2 Å². The third-order valence-electron chi connectivity index (χ3n) is 3.41. The molecule has 0 aliphatic rings. The largest absolute Gasteiger partial charge is 0.507 e. The Morgan fingerprint density at radius 1 is 1.05 bits per heavy atom. The third kappa shape index (κ3) is 2.82. The molecule has 0 unspecified atom stereocenters. The molecular weight excluding hydrogens is 252 g/mol. The number of para-hydroxylation sites is 1. The standard InChI is InChI=1S/C17H18O3/c1-11(2)14-8-4-3-6-12(14)10-13-7-5-9-15(16(13)18)17(19)20/h3-9,11,18H,10H2,1-2H3,(H,19,20). The van der Waals surface area contributed by atoms with Gasteiger partial charge in [-0.2, -0.15) is 0 Å². The van der Waals surface area contributed by atoms with Gasteiger partial charge in [0.05, 0.1) is 0 Å². The van der Waals surface area contributed by atoms with E-state index >= 15 is 0 Å². The Hall–Kier alpha value is -2.29. The van der Waals surface area contributed by atoms with Crippen LogP contribution >= 0.6 is 0 Å². The summed E-state index contributed by atoms with van der Waals surface area (Å²) in [5.41, 5.74) is 2.91. The zero-order chi connectivity index (χ0) is 14.7. The van der Waals surface area contributed by atoms with E-state index in [4.69, 9.17) is 5.11 Å². The molecule has 2 rings (SSSR count). The first-order chi connectivity index (χ1) is 9.50. The van der Waals surface area contributed by atoms with Gasteiger partial charge in [-0.15, -0.1) is 0 Å². The van der Waals surface area contributed by atoms with E-state index in [1.807, 2.05) is 18.2 Å². The van der Waals surface area contributed by atoms with Crippen molar-refractivity contribution in [1.82, 2.24) is 0 Å². The number of carboxylic acids is 1. The van der Waals surface area contributed by atoms with Gasteiger partial charge >= 0.3 is 5.97 Å². The fraction of sp³-hybridized carbons (Fsp3) is 0.235. The number of carboxylic acid groups (broad SMARTS) is 1. The number of hydrogen-bond acceptors (Lipinski definition) is 2. The van der Waals surface area contributed by atoms with E-state index < -0.39 is 5.97 Å². The number of carbonyl (C=O) groups is 1. The molecule has 0 bridgehead atoms. The van der Waals surface area contributed by atoms with Crippen LogP contribution in [-0.2, 0) is 6.42 Å². The van der Waals surface area contributed by atoms with Crippen LogP contribution in [0.4, 0.5) is 0 Å². The summed E-state index contributed by atoms with van der Waals surface area (Å²) in [4.78, 5) is 11.0. The van der Waals surface area contributed by atoms with Crippen LogP contribution in [0.3, 0.4) is 0 Å². The molecule has 0 heterocycles. The first-order valence-corrected chi connectivity index (χ1v) is 6.62. The van der Waals surface area contributed by atoms with Crippen LogP contribution in [0.2, 0.25) is 0 Å². The Labute approximate surface area is 118 Å². The van der Waals surface area contributed by atoms with E-state index in [9.17, 15) is 9.90 Å². The molecule has 0 radical (unpaired) electrons. The molecule has 3 heteroatoms. The van der Waals surface area contributed by atoms with Crippen LogP contribution in [0.15, 0.2) is 42.5 Å². The summed E-state index contributed by atoms with van der Waals surface area (Å²) < 4.78 is 0. The number of benzene rings is 2. The van der Waals surface area contributed by atoms with Gasteiger partial charge in [0, 0.05) is 6.42 Å². The van der Waals surface area contributed by atoms with Crippen LogP contribution in [-0.4, -0.2) is 16.2 Å². The van der Waals surface area contributed by atoms with Gasteiger partial charge in [-0.3, -0.25) is 0 Å². The summed E-state index contributed by atoms with van der Waals surface area (Å²) >= 11 is 0. The molecule has 20 heavy (non-hydrogen) atoms. The van der Waals surface area contributed by atoms with Crippen molar-refractivity contribution in [2.24, 2.45) is 0 Å². The topological polar surface area (TPSA) is 57.5 Å². The Balaban J connectivity index is 2.41. The second-order valence-corrected chi connectivity index (χ2v) is 5.15. The van der Waals surface area contributed by atoms with Crippen LogP contribution in [0, 0.1) is 0 Å². The molecule has 0 fully saturated rings. The zero-order valence-corrected chi connectivity index (χ0v) is 11.6. The molecule has 0 spiro atoms. The maximum atomic E-state index is 11.0. The van der Waals surface area contributed by atoms with Crippen LogP contribution in [0.1, 0.15) is 46.8 Å². The van der Waals surface area contributed by atoms with Crippen molar-refractivity contribution in [3.05, 3.63) is 64.7 Å². The van der Waals surface area contributed by atoms with Gasteiger partial charge in [0.1, 0.15) is 11.3 Å². The van der Waals surface area contributed by atoms with E-state index in [0.29, 0.717) is 17.9 Å². The Bertz CT molecular complexity index is 630. The lowest BCUT2D eigenvalue weighted by Crippen LogP contribution is -2.01. The molecule has 0 aromatic heterocycles. The molecule has 2 N–H and O–H groups in total. The molecule has 2 aromatic rings. The average Bonchev–Trinajstić information content (AvgIpc) is 2.41. The first kappa shape index (κ1) is 14.1. The fourth-order valence-electron chi connectivity index (χ4n) is 2.37. The van der Waals surface area contributed by atoms with Crippen LogP contribution in [0.25, 0.3) is 0 Å². The monoisotopic (exact) mass is 270 g/mol. The minimum atomic E-state index is -1.11. The number of phenols is 1. The Kier molecular flexibility index (Phi) is 4.08. The minimum Gasteiger partial charge on any atom is -0.507 e. The van der Waals surface area contributed by atoms with Gasteiger partial charge < -0.3 is 10.2 Å². The summed E-state index contributed by atoms with van der Waals surface area (Å²) in [6.45, 7) is 4.23. The van der Waals surface area contributed by atoms with Crippen LogP contribution in [0.5, 0.6) is 5.75 Å². The lowest BCUT2D eigenvalue weighted by atomic mass is 9.92. The molecule has 0 saturated heterocycles. The minimum absolute atomic E-state index is 0.0514. The van der Waals surface area contributed by atoms with Gasteiger partial charge in [0.2, 0.25) is 0 Å². The van der Waals surface area contributed by atoms with Crippen molar-refractivity contribution in [3.8, 4) is 5.75 Å². The molecule has 0 aliphatic carbocycles. The third-order valence-corrected chi connectivity index (χ3v) is 3.41. The van der Waals surface area contributed by atoms with Crippen molar-refractivity contribution in [1.29, 1.82) is 0 Å². The normalized spacial score (nSPS) is 10.8. The van der Waals surface area contributed by atoms with E-state index in [2.05, 4.69) is 19.9 Å². The van der Waals surface area contributed by atoms with E-state index in [0.717, 1.165) is 5.56 Å². The average molecular weight is 270 g/mol. The molecular formula is C17H18O3. The summed E-state index contributed by atoms with van der Waals surface area (Å²) in [6.07, 6.45) is 0.529. The summed E-state index contributed by atoms with van der Waals surface area (Å²) in [7, 11) is 0. The van der Waals surface area contributed by atoms with E-state index in [1.54, 1.807) is 12.1 Å². The van der Waals surface area contributed by atoms with Crippen LogP contribution < -0.4 is 0 Å². The highest BCUT2D eigenvalue weighted by atomic mass is 16.4. The molecule has 0 amide bonds. The highest BCUT2D eigenvalue weighted by Crippen LogP contribution is 2.28. The quantitative estimate of drug-likeness (QED) is 0.888. The van der Waals surface area contributed by atoms with Gasteiger partial charge in [-0.25, -0.2) is 4.79 Å². The second kappa shape index (κ2) is 5.78. The molecule has 0 aliphatic heterocycles. The summed E-state index contributed by atoms with van der Waals surface area (Å²) in [5, 5.41) is 19.1. The smallest absolute Gasteiger partial charge is 0.339 e. The maximum absolute atomic E-state index is 11.0. The summed E-state index contributed by atoms with van der Waals surface area (Å²) in [6, 6.07) is 12.9. The van der Waals surface area contributed by atoms with E-state index in [-0.39, 0.29) is 11.3 Å². The highest BCUT2D eigenvalue weighted by Gasteiger charge is 2.14. The zero-order valence-electron chi connectivity index (χ0n) is 11.6. The molecule has 104 valence electrons. The van der Waals surface area contributed by atoms with Gasteiger partial charge in [0.15, 0.2) is 0 Å². The Morgan fingerprint density at radius 3 is 2.35 bits per heavy atom. The number of aromatic hydroxyl groups is 1. The Morgan fingerprint density at radius 2 is 1.70 bits per heavy atom.